The van der Waals surface area contributed by atoms with Crippen LogP contribution >= 0.6 is 0 Å². The molecule has 0 aromatic rings. The fourth-order valence-corrected chi connectivity index (χ4v) is 8.87. The number of carbonyl (C=O) groups is 3. The Labute approximate surface area is 487 Å². The molecule has 0 amide bonds. The van der Waals surface area contributed by atoms with Gasteiger partial charge in [0.25, 0.3) is 0 Å². The van der Waals surface area contributed by atoms with E-state index in [0.717, 1.165) is 103 Å². The Bertz CT molecular complexity index is 1680. The van der Waals surface area contributed by atoms with Gasteiger partial charge in [-0.3, -0.25) is 14.4 Å². The highest BCUT2D eigenvalue weighted by Crippen LogP contribution is 2.17. The normalized spacial score (nSPS) is 13.0. The Morgan fingerprint density at radius 3 is 0.886 bits per heavy atom. The molecular weight excluding hydrogens is 973 g/mol. The zero-order valence-corrected chi connectivity index (χ0v) is 51.3. The predicted molar refractivity (Wildman–Crippen MR) is 343 cm³/mol. The maximum Gasteiger partial charge on any atom is 0.309 e. The highest BCUT2D eigenvalue weighted by molar-refractivity contribution is 5.72. The van der Waals surface area contributed by atoms with E-state index in [2.05, 4.69) is 142 Å². The van der Waals surface area contributed by atoms with Crippen LogP contribution in [0, 0.1) is 0 Å². The smallest absolute Gasteiger partial charge is 0.309 e. The first kappa shape index (κ1) is 74.5. The van der Waals surface area contributed by atoms with Gasteiger partial charge in [0.05, 0.1) is 6.42 Å². The van der Waals surface area contributed by atoms with Crippen LogP contribution in [-0.2, 0) is 28.6 Å². The monoisotopic (exact) mass is 1090 g/mol. The number of unbranched alkanes of at least 4 members (excludes halogenated alkanes) is 26. The molecule has 0 rings (SSSR count). The van der Waals surface area contributed by atoms with Gasteiger partial charge < -0.3 is 14.2 Å². The molecule has 0 fully saturated rings. The van der Waals surface area contributed by atoms with Crippen molar-refractivity contribution < 1.29 is 28.6 Å². The van der Waals surface area contributed by atoms with E-state index in [1.54, 1.807) is 6.08 Å². The average Bonchev–Trinajstić information content (AvgIpc) is 3.45. The number of hydrogen-bond donors (Lipinski definition) is 0. The van der Waals surface area contributed by atoms with E-state index in [1.807, 2.05) is 6.08 Å². The maximum absolute atomic E-state index is 12.9. The Morgan fingerprint density at radius 2 is 0.544 bits per heavy atom. The van der Waals surface area contributed by atoms with Crippen molar-refractivity contribution >= 4 is 17.9 Å². The summed E-state index contributed by atoms with van der Waals surface area (Å²) in [6, 6.07) is 0. The summed E-state index contributed by atoms with van der Waals surface area (Å²) in [6.07, 6.45) is 93.6. The van der Waals surface area contributed by atoms with Crippen LogP contribution in [0.5, 0.6) is 0 Å². The highest BCUT2D eigenvalue weighted by Gasteiger charge is 2.19. The lowest BCUT2D eigenvalue weighted by molar-refractivity contribution is -0.166. The molecule has 0 saturated heterocycles. The molecule has 448 valence electrons. The number of esters is 3. The number of rotatable bonds is 58. The second kappa shape index (κ2) is 66.1. The van der Waals surface area contributed by atoms with Gasteiger partial charge in [0.1, 0.15) is 13.2 Å². The summed E-state index contributed by atoms with van der Waals surface area (Å²) in [6.45, 7) is 6.31. The fraction of sp³-hybridized carbons (Fsp3) is 0.658. The standard InChI is InChI=1S/C73H120O6/c1-4-7-10-13-16-19-22-25-28-30-32-34-35-36-37-39-40-42-45-48-51-54-57-60-63-66-72(75)78-69-70(68-77-71(74)65-62-59-56-53-50-47-44-27-24-21-18-15-12-9-6-3)79-73(76)67-64-61-58-55-52-49-46-43-41-38-33-31-29-26-23-20-17-14-11-8-5-2/h8-9,11-12,17-18,20-21,26-27,29,33,38,43-44,46,50,52-53,55,59,62,70H,4-7,10,13-16,19,22-25,28,30-32,34-37,39-42,45,47-49,51,54,56-58,60-61,63-69H2,1-3H3/b11-8-,12-9-,20-17-,21-18-,29-26-,38-33-,44-27-,46-43-,53-50-,55-52-,62-59-. The third kappa shape index (κ3) is 64.3. The topological polar surface area (TPSA) is 78.9 Å². The van der Waals surface area contributed by atoms with Crippen LogP contribution in [0.2, 0.25) is 0 Å². The molecule has 0 radical (unpaired) electrons. The van der Waals surface area contributed by atoms with Crippen LogP contribution in [0.15, 0.2) is 134 Å². The Hall–Kier alpha value is -4.45. The van der Waals surface area contributed by atoms with Crippen molar-refractivity contribution in [3.63, 3.8) is 0 Å². The minimum Gasteiger partial charge on any atom is -0.462 e. The summed E-state index contributed by atoms with van der Waals surface area (Å²) in [5.74, 6) is -1.10. The Morgan fingerprint density at radius 1 is 0.278 bits per heavy atom. The molecule has 6 heteroatoms. The van der Waals surface area contributed by atoms with Gasteiger partial charge in [-0.15, -0.1) is 0 Å². The highest BCUT2D eigenvalue weighted by atomic mass is 16.6. The van der Waals surface area contributed by atoms with Gasteiger partial charge in [0.15, 0.2) is 6.10 Å². The summed E-state index contributed by atoms with van der Waals surface area (Å²) in [5.41, 5.74) is 0. The molecule has 0 aliphatic heterocycles. The summed E-state index contributed by atoms with van der Waals surface area (Å²) in [5, 5.41) is 0. The lowest BCUT2D eigenvalue weighted by Gasteiger charge is -2.18. The van der Waals surface area contributed by atoms with E-state index in [9.17, 15) is 14.4 Å². The van der Waals surface area contributed by atoms with Gasteiger partial charge in [-0.25, -0.2) is 0 Å². The molecule has 0 aromatic carbocycles. The zero-order chi connectivity index (χ0) is 57.1. The van der Waals surface area contributed by atoms with E-state index in [-0.39, 0.29) is 38.0 Å². The predicted octanol–water partition coefficient (Wildman–Crippen LogP) is 22.5. The lowest BCUT2D eigenvalue weighted by atomic mass is 10.0. The van der Waals surface area contributed by atoms with Crippen LogP contribution < -0.4 is 0 Å². The first-order valence-electron chi connectivity index (χ1n) is 32.7. The van der Waals surface area contributed by atoms with Crippen molar-refractivity contribution in [2.75, 3.05) is 13.2 Å². The summed E-state index contributed by atoms with van der Waals surface area (Å²) in [7, 11) is 0. The van der Waals surface area contributed by atoms with Gasteiger partial charge in [-0.1, -0.05) is 309 Å². The largest absolute Gasteiger partial charge is 0.462 e. The van der Waals surface area contributed by atoms with Crippen LogP contribution in [0.25, 0.3) is 0 Å². The summed E-state index contributed by atoms with van der Waals surface area (Å²) < 4.78 is 16.8. The third-order valence-electron chi connectivity index (χ3n) is 13.7. The van der Waals surface area contributed by atoms with E-state index in [4.69, 9.17) is 14.2 Å². The molecular formula is C73H120O6. The molecule has 0 aliphatic rings. The number of hydrogen-bond acceptors (Lipinski definition) is 6. The average molecular weight is 1090 g/mol. The Kier molecular flexibility index (Phi) is 62.3. The molecule has 0 aromatic heterocycles. The van der Waals surface area contributed by atoms with Gasteiger partial charge in [-0.05, 0) is 96.3 Å². The first-order valence-corrected chi connectivity index (χ1v) is 32.7. The van der Waals surface area contributed by atoms with Crippen molar-refractivity contribution in [3.8, 4) is 0 Å². The van der Waals surface area contributed by atoms with Crippen LogP contribution in [0.1, 0.15) is 290 Å². The summed E-state index contributed by atoms with van der Waals surface area (Å²) in [4.78, 5) is 38.3. The van der Waals surface area contributed by atoms with Crippen molar-refractivity contribution in [2.45, 2.75) is 297 Å². The third-order valence-corrected chi connectivity index (χ3v) is 13.7. The molecule has 1 unspecified atom stereocenters. The van der Waals surface area contributed by atoms with Gasteiger partial charge >= 0.3 is 17.9 Å². The number of carbonyl (C=O) groups excluding carboxylic acids is 3. The number of ether oxygens (including phenoxy) is 3. The van der Waals surface area contributed by atoms with Crippen molar-refractivity contribution in [2.24, 2.45) is 0 Å². The molecule has 79 heavy (non-hydrogen) atoms. The Balaban J connectivity index is 4.46. The lowest BCUT2D eigenvalue weighted by Crippen LogP contribution is -2.30. The van der Waals surface area contributed by atoms with Crippen LogP contribution in [0.3, 0.4) is 0 Å². The van der Waals surface area contributed by atoms with E-state index in [1.165, 1.54) is 141 Å². The van der Waals surface area contributed by atoms with Crippen LogP contribution in [0.4, 0.5) is 0 Å². The molecule has 0 spiro atoms. The van der Waals surface area contributed by atoms with E-state index in [0.29, 0.717) is 12.8 Å². The fourth-order valence-electron chi connectivity index (χ4n) is 8.87. The van der Waals surface area contributed by atoms with Gasteiger partial charge in [0, 0.05) is 12.8 Å². The molecule has 0 saturated carbocycles. The quantitative estimate of drug-likeness (QED) is 0.0261. The van der Waals surface area contributed by atoms with Crippen LogP contribution in [-0.4, -0.2) is 37.2 Å². The molecule has 0 bridgehead atoms. The second-order valence-corrected chi connectivity index (χ2v) is 21.3. The molecule has 0 aliphatic carbocycles. The molecule has 1 atom stereocenters. The van der Waals surface area contributed by atoms with Gasteiger partial charge in [0.2, 0.25) is 0 Å². The second-order valence-electron chi connectivity index (χ2n) is 21.3. The van der Waals surface area contributed by atoms with Crippen molar-refractivity contribution in [1.29, 1.82) is 0 Å². The zero-order valence-electron chi connectivity index (χ0n) is 51.3. The van der Waals surface area contributed by atoms with Gasteiger partial charge in [-0.2, -0.15) is 0 Å². The molecule has 0 heterocycles. The maximum atomic E-state index is 12.9. The number of allylic oxidation sites excluding steroid dienone is 21. The minimum absolute atomic E-state index is 0.113. The first-order chi connectivity index (χ1) is 39.0. The summed E-state index contributed by atoms with van der Waals surface area (Å²) >= 11 is 0. The van der Waals surface area contributed by atoms with E-state index < -0.39 is 12.1 Å². The van der Waals surface area contributed by atoms with E-state index >= 15 is 0 Å². The molecule has 0 N–H and O–H groups in total. The SMILES string of the molecule is CC/C=C\C/C=C\C/C=C\C/C=C\C/C=C\C/C=C\CCCCC(=O)OC(COC(=O)C/C=C\C/C=C\C/C=C\C/C=C\C/C=C\CC)COC(=O)CCCCCCCCCCCCCCCCCCCCCCCCCCC. The molecule has 6 nitrogen and oxygen atoms in total. The van der Waals surface area contributed by atoms with Crippen molar-refractivity contribution in [1.82, 2.24) is 0 Å². The van der Waals surface area contributed by atoms with Crippen molar-refractivity contribution in [3.05, 3.63) is 134 Å². The minimum atomic E-state index is -0.846.